The number of ketones is 1. The van der Waals surface area contributed by atoms with Crippen molar-refractivity contribution < 1.29 is 14.3 Å². The Morgan fingerprint density at radius 3 is 2.63 bits per heavy atom. The van der Waals surface area contributed by atoms with Gasteiger partial charge in [-0.1, -0.05) is 31.6 Å². The first-order valence-corrected chi connectivity index (χ1v) is 6.42. The Bertz CT molecular complexity index is 464. The number of esters is 1. The van der Waals surface area contributed by atoms with Crippen LogP contribution in [-0.2, 0) is 14.3 Å². The molecule has 0 amide bonds. The molecule has 0 fully saturated rings. The van der Waals surface area contributed by atoms with E-state index in [4.69, 9.17) is 0 Å². The zero-order valence-electron chi connectivity index (χ0n) is 12.3. The van der Waals surface area contributed by atoms with E-state index in [0.717, 1.165) is 11.1 Å². The van der Waals surface area contributed by atoms with E-state index in [1.165, 1.54) is 13.2 Å². The first-order valence-electron chi connectivity index (χ1n) is 6.42. The van der Waals surface area contributed by atoms with E-state index in [1.54, 1.807) is 6.08 Å². The van der Waals surface area contributed by atoms with E-state index in [-0.39, 0.29) is 23.1 Å². The highest BCUT2D eigenvalue weighted by Crippen LogP contribution is 2.40. The van der Waals surface area contributed by atoms with Crippen molar-refractivity contribution in [1.29, 1.82) is 0 Å². The van der Waals surface area contributed by atoms with Gasteiger partial charge >= 0.3 is 5.97 Å². The van der Waals surface area contributed by atoms with Crippen molar-refractivity contribution in [3.63, 3.8) is 0 Å². The van der Waals surface area contributed by atoms with Gasteiger partial charge in [-0.25, -0.2) is 4.79 Å². The normalized spacial score (nSPS) is 23.4. The fourth-order valence-corrected chi connectivity index (χ4v) is 2.52. The maximum Gasteiger partial charge on any atom is 0.330 e. The molecule has 0 radical (unpaired) electrons. The van der Waals surface area contributed by atoms with E-state index in [9.17, 15) is 9.59 Å². The summed E-state index contributed by atoms with van der Waals surface area (Å²) in [7, 11) is 1.36. The lowest BCUT2D eigenvalue weighted by Crippen LogP contribution is -2.30. The molecular formula is C16H22O3. The maximum absolute atomic E-state index is 11.6. The Balaban J connectivity index is 2.91. The lowest BCUT2D eigenvalue weighted by molar-refractivity contribution is -0.134. The summed E-state index contributed by atoms with van der Waals surface area (Å²) in [6, 6.07) is 0. The first kappa shape index (κ1) is 15.4. The predicted molar refractivity (Wildman–Crippen MR) is 75.6 cm³/mol. The van der Waals surface area contributed by atoms with Crippen molar-refractivity contribution in [2.45, 2.75) is 34.1 Å². The molecule has 0 spiro atoms. The van der Waals surface area contributed by atoms with Gasteiger partial charge in [-0.15, -0.1) is 0 Å². The number of hydrogen-bond donors (Lipinski definition) is 0. The van der Waals surface area contributed by atoms with Crippen LogP contribution in [0.4, 0.5) is 0 Å². The molecule has 1 aliphatic carbocycles. The van der Waals surface area contributed by atoms with Crippen LogP contribution in [0.15, 0.2) is 35.5 Å². The summed E-state index contributed by atoms with van der Waals surface area (Å²) in [5, 5.41) is 0. The molecule has 104 valence electrons. The molecular weight excluding hydrogens is 240 g/mol. The highest BCUT2D eigenvalue weighted by atomic mass is 16.5. The van der Waals surface area contributed by atoms with Crippen LogP contribution in [0, 0.1) is 11.3 Å². The number of carbonyl (C=O) groups excluding carboxylic acids is 2. The van der Waals surface area contributed by atoms with Crippen LogP contribution in [0.5, 0.6) is 0 Å². The van der Waals surface area contributed by atoms with E-state index < -0.39 is 0 Å². The summed E-state index contributed by atoms with van der Waals surface area (Å²) in [4.78, 5) is 22.7. The van der Waals surface area contributed by atoms with Crippen molar-refractivity contribution in [2.24, 2.45) is 11.3 Å². The highest BCUT2D eigenvalue weighted by Gasteiger charge is 2.34. The number of methoxy groups -OCH3 is 1. The van der Waals surface area contributed by atoms with Gasteiger partial charge in [-0.05, 0) is 30.9 Å². The topological polar surface area (TPSA) is 43.4 Å². The number of carbonyl (C=O) groups is 2. The van der Waals surface area contributed by atoms with Gasteiger partial charge in [0.2, 0.25) is 0 Å². The molecule has 0 bridgehead atoms. The minimum absolute atomic E-state index is 0.0854. The van der Waals surface area contributed by atoms with E-state index in [2.05, 4.69) is 24.7 Å². The molecule has 1 rings (SSSR count). The zero-order chi connectivity index (χ0) is 14.6. The van der Waals surface area contributed by atoms with E-state index >= 15 is 0 Å². The molecule has 1 unspecified atom stereocenters. The molecule has 3 nitrogen and oxygen atoms in total. The van der Waals surface area contributed by atoms with Gasteiger partial charge in [0, 0.05) is 18.4 Å². The third-order valence-electron chi connectivity index (χ3n) is 3.45. The van der Waals surface area contributed by atoms with Gasteiger partial charge in [0.05, 0.1) is 7.11 Å². The summed E-state index contributed by atoms with van der Waals surface area (Å²) in [6.45, 7) is 8.02. The number of hydrogen-bond acceptors (Lipinski definition) is 3. The standard InChI is InChI=1S/C16H22O3/c1-11(8-15(18)19-5)6-7-14-12(2)9-13(17)10-16(14,3)4/h6-9,14H,10H2,1-5H3. The van der Waals surface area contributed by atoms with Gasteiger partial charge in [-0.3, -0.25) is 4.79 Å². The molecule has 3 heteroatoms. The monoisotopic (exact) mass is 262 g/mol. The van der Waals surface area contributed by atoms with Gasteiger partial charge in [0.25, 0.3) is 0 Å². The largest absolute Gasteiger partial charge is 0.466 e. The quantitative estimate of drug-likeness (QED) is 0.445. The molecule has 1 aliphatic rings. The smallest absolute Gasteiger partial charge is 0.330 e. The van der Waals surface area contributed by atoms with Crippen molar-refractivity contribution in [1.82, 2.24) is 0 Å². The first-order chi connectivity index (χ1) is 8.76. The Morgan fingerprint density at radius 2 is 2.11 bits per heavy atom. The minimum atomic E-state index is -0.354. The molecule has 0 heterocycles. The lowest BCUT2D eigenvalue weighted by Gasteiger charge is -2.35. The number of rotatable bonds is 3. The second kappa shape index (κ2) is 6.00. The van der Waals surface area contributed by atoms with Crippen molar-refractivity contribution >= 4 is 11.8 Å². The van der Waals surface area contributed by atoms with Gasteiger partial charge in [0.15, 0.2) is 5.78 Å². The Labute approximate surface area is 115 Å². The third kappa shape index (κ3) is 4.19. The van der Waals surface area contributed by atoms with Crippen LogP contribution in [-0.4, -0.2) is 18.9 Å². The number of allylic oxidation sites excluding steroid dienone is 5. The van der Waals surface area contributed by atoms with Gasteiger partial charge < -0.3 is 4.74 Å². The second-order valence-corrected chi connectivity index (χ2v) is 5.77. The molecule has 0 aromatic carbocycles. The van der Waals surface area contributed by atoms with Gasteiger partial charge in [0.1, 0.15) is 0 Å². The van der Waals surface area contributed by atoms with Crippen LogP contribution >= 0.6 is 0 Å². The summed E-state index contributed by atoms with van der Waals surface area (Å²) in [6.07, 6.45) is 7.71. The number of ether oxygens (including phenoxy) is 1. The summed E-state index contributed by atoms with van der Waals surface area (Å²) < 4.78 is 4.58. The fraction of sp³-hybridized carbons (Fsp3) is 0.500. The maximum atomic E-state index is 11.6. The average molecular weight is 262 g/mol. The SMILES string of the molecule is COC(=O)C=C(C)C=CC1C(C)=CC(=O)CC1(C)C. The molecule has 19 heavy (non-hydrogen) atoms. The molecule has 1 atom stereocenters. The van der Waals surface area contributed by atoms with Crippen LogP contribution < -0.4 is 0 Å². The molecule has 0 aromatic rings. The summed E-state index contributed by atoms with van der Waals surface area (Å²) in [5.41, 5.74) is 1.83. The van der Waals surface area contributed by atoms with Gasteiger partial charge in [-0.2, -0.15) is 0 Å². The van der Waals surface area contributed by atoms with Crippen molar-refractivity contribution in [3.8, 4) is 0 Å². The minimum Gasteiger partial charge on any atom is -0.466 e. The van der Waals surface area contributed by atoms with Crippen molar-refractivity contribution in [2.75, 3.05) is 7.11 Å². The van der Waals surface area contributed by atoms with E-state index in [1.807, 2.05) is 19.9 Å². The molecule has 0 aliphatic heterocycles. The van der Waals surface area contributed by atoms with Crippen LogP contribution in [0.2, 0.25) is 0 Å². The average Bonchev–Trinajstić information content (AvgIpc) is 2.25. The molecule has 0 saturated carbocycles. The Morgan fingerprint density at radius 1 is 1.47 bits per heavy atom. The Kier molecular flexibility index (Phi) is 4.87. The molecule has 0 saturated heterocycles. The van der Waals surface area contributed by atoms with Crippen LogP contribution in [0.25, 0.3) is 0 Å². The summed E-state index contributed by atoms with van der Waals surface area (Å²) in [5.74, 6) is 0.0488. The van der Waals surface area contributed by atoms with Crippen LogP contribution in [0.1, 0.15) is 34.1 Å². The fourth-order valence-electron chi connectivity index (χ4n) is 2.52. The Hall–Kier alpha value is -1.64. The zero-order valence-corrected chi connectivity index (χ0v) is 12.3. The highest BCUT2D eigenvalue weighted by molar-refractivity contribution is 5.92. The second-order valence-electron chi connectivity index (χ2n) is 5.77. The molecule has 0 aromatic heterocycles. The van der Waals surface area contributed by atoms with E-state index in [0.29, 0.717) is 6.42 Å². The third-order valence-corrected chi connectivity index (χ3v) is 3.45. The van der Waals surface area contributed by atoms with Crippen LogP contribution in [0.3, 0.4) is 0 Å². The summed E-state index contributed by atoms with van der Waals surface area (Å²) >= 11 is 0. The molecule has 0 N–H and O–H groups in total. The van der Waals surface area contributed by atoms with Crippen molar-refractivity contribution in [3.05, 3.63) is 35.5 Å². The predicted octanol–water partition coefficient (Wildman–Crippen LogP) is 3.22. The lowest BCUT2D eigenvalue weighted by atomic mass is 9.68.